The number of aliphatic carboxylic acids is 1. The molecule has 5 rings (SSSR count). The zero-order valence-corrected chi connectivity index (χ0v) is 21.4. The number of hydrogen-bond acceptors (Lipinski definition) is 6. The number of carbonyl (C=O) groups excluding carboxylic acids is 1. The number of methoxy groups -OCH3 is 1. The van der Waals surface area contributed by atoms with Crippen LogP contribution < -0.4 is 4.74 Å². The van der Waals surface area contributed by atoms with Crippen LogP contribution >= 0.6 is 11.3 Å². The SMILES string of the molecule is COc1csc(C2CC[C@H]3[C@@H]4CC=C5CC(OC(=O)CCC(=O)O)CC[C@]5(C)[C@H]4CC[C@]23C)n1. The monoisotopic (exact) mass is 487 g/mol. The van der Waals surface area contributed by atoms with E-state index in [1.165, 1.54) is 36.3 Å². The molecule has 7 heteroatoms. The van der Waals surface area contributed by atoms with Crippen molar-refractivity contribution in [3.63, 3.8) is 0 Å². The van der Waals surface area contributed by atoms with E-state index in [1.807, 2.05) is 5.38 Å². The van der Waals surface area contributed by atoms with Gasteiger partial charge in [-0.1, -0.05) is 25.5 Å². The number of allylic oxidation sites excluding steroid dienone is 1. The van der Waals surface area contributed by atoms with Crippen molar-refractivity contribution in [1.29, 1.82) is 0 Å². The molecule has 186 valence electrons. The lowest BCUT2D eigenvalue weighted by molar-refractivity contribution is -0.154. The molecule has 0 amide bonds. The number of thiazole rings is 1. The molecule has 34 heavy (non-hydrogen) atoms. The van der Waals surface area contributed by atoms with Crippen LogP contribution in [0.25, 0.3) is 0 Å². The van der Waals surface area contributed by atoms with Crippen molar-refractivity contribution in [2.75, 3.05) is 7.11 Å². The van der Waals surface area contributed by atoms with Gasteiger partial charge in [-0.2, -0.15) is 0 Å². The number of carboxylic acids is 1. The molecule has 6 nitrogen and oxygen atoms in total. The topological polar surface area (TPSA) is 85.7 Å². The first-order valence-corrected chi connectivity index (χ1v) is 13.7. The Balaban J connectivity index is 1.29. The summed E-state index contributed by atoms with van der Waals surface area (Å²) in [6, 6.07) is 0. The molecule has 3 fully saturated rings. The van der Waals surface area contributed by atoms with Gasteiger partial charge in [0.1, 0.15) is 11.1 Å². The predicted molar refractivity (Wildman–Crippen MR) is 130 cm³/mol. The van der Waals surface area contributed by atoms with Gasteiger partial charge in [0.2, 0.25) is 5.88 Å². The molecule has 4 aliphatic carbocycles. The minimum atomic E-state index is -0.957. The number of nitrogens with zero attached hydrogens (tertiary/aromatic N) is 1. The average molecular weight is 488 g/mol. The van der Waals surface area contributed by atoms with Crippen LogP contribution in [0, 0.1) is 28.6 Å². The molecule has 0 aromatic carbocycles. The maximum absolute atomic E-state index is 12.1. The second-order valence-electron chi connectivity index (χ2n) is 11.4. The number of hydrogen-bond donors (Lipinski definition) is 1. The van der Waals surface area contributed by atoms with Gasteiger partial charge in [0.15, 0.2) is 0 Å². The van der Waals surface area contributed by atoms with Gasteiger partial charge < -0.3 is 14.6 Å². The zero-order valence-electron chi connectivity index (χ0n) is 20.5. The van der Waals surface area contributed by atoms with Crippen molar-refractivity contribution in [3.8, 4) is 5.88 Å². The number of carboxylic acid groups (broad SMARTS) is 1. The number of esters is 1. The Hall–Kier alpha value is -1.89. The second-order valence-corrected chi connectivity index (χ2v) is 12.3. The van der Waals surface area contributed by atoms with Gasteiger partial charge in [-0.15, -0.1) is 11.3 Å². The minimum Gasteiger partial charge on any atom is -0.481 e. The molecule has 0 bridgehead atoms. The molecule has 1 aromatic rings. The van der Waals surface area contributed by atoms with Crippen molar-refractivity contribution in [1.82, 2.24) is 4.98 Å². The van der Waals surface area contributed by atoms with Crippen molar-refractivity contribution in [3.05, 3.63) is 22.0 Å². The highest BCUT2D eigenvalue weighted by Crippen LogP contribution is 2.68. The first kappa shape index (κ1) is 23.8. The Kier molecular flexibility index (Phi) is 6.28. The van der Waals surface area contributed by atoms with Crippen molar-refractivity contribution in [2.24, 2.45) is 28.6 Å². The summed E-state index contributed by atoms with van der Waals surface area (Å²) in [7, 11) is 1.70. The highest BCUT2D eigenvalue weighted by Gasteiger charge is 2.59. The van der Waals surface area contributed by atoms with Crippen LogP contribution in [-0.2, 0) is 14.3 Å². The Morgan fingerprint density at radius 1 is 1.15 bits per heavy atom. The summed E-state index contributed by atoms with van der Waals surface area (Å²) in [6.45, 7) is 4.98. The molecular weight excluding hydrogens is 450 g/mol. The molecule has 1 aromatic heterocycles. The lowest BCUT2D eigenvalue weighted by atomic mass is 9.47. The zero-order chi connectivity index (χ0) is 24.1. The second kappa shape index (κ2) is 8.96. The lowest BCUT2D eigenvalue weighted by Gasteiger charge is -2.58. The average Bonchev–Trinajstić information content (AvgIpc) is 3.41. The van der Waals surface area contributed by atoms with E-state index in [4.69, 9.17) is 19.6 Å². The van der Waals surface area contributed by atoms with E-state index in [0.717, 1.165) is 37.5 Å². The van der Waals surface area contributed by atoms with Crippen LogP contribution in [0.2, 0.25) is 0 Å². The van der Waals surface area contributed by atoms with Gasteiger partial charge in [0, 0.05) is 12.3 Å². The van der Waals surface area contributed by atoms with E-state index in [9.17, 15) is 9.59 Å². The number of ether oxygens (including phenoxy) is 2. The van der Waals surface area contributed by atoms with E-state index in [1.54, 1.807) is 18.4 Å². The fraction of sp³-hybridized carbons (Fsp3) is 0.741. The maximum atomic E-state index is 12.1. The molecule has 3 saturated carbocycles. The first-order chi connectivity index (χ1) is 16.2. The molecule has 0 aliphatic heterocycles. The van der Waals surface area contributed by atoms with Crippen LogP contribution in [0.3, 0.4) is 0 Å². The van der Waals surface area contributed by atoms with Gasteiger partial charge in [-0.3, -0.25) is 9.59 Å². The lowest BCUT2D eigenvalue weighted by Crippen LogP contribution is -2.50. The highest BCUT2D eigenvalue weighted by atomic mass is 32.1. The molecular formula is C27H37NO5S. The summed E-state index contributed by atoms with van der Waals surface area (Å²) < 4.78 is 11.0. The van der Waals surface area contributed by atoms with Crippen LogP contribution in [0.4, 0.5) is 0 Å². The van der Waals surface area contributed by atoms with Crippen molar-refractivity contribution < 1.29 is 24.2 Å². The largest absolute Gasteiger partial charge is 0.481 e. The highest BCUT2D eigenvalue weighted by molar-refractivity contribution is 7.09. The van der Waals surface area contributed by atoms with Crippen LogP contribution in [0.1, 0.15) is 89.0 Å². The molecule has 2 unspecified atom stereocenters. The predicted octanol–water partition coefficient (Wildman–Crippen LogP) is 5.97. The quantitative estimate of drug-likeness (QED) is 0.393. The van der Waals surface area contributed by atoms with Gasteiger partial charge in [0.05, 0.1) is 25.3 Å². The van der Waals surface area contributed by atoms with E-state index in [2.05, 4.69) is 19.9 Å². The standard InChI is InChI=1S/C27H37NO5S/c1-26-12-10-17(33-24(31)9-8-23(29)30)14-16(26)4-5-18-19-6-7-21(25-28-22(32-3)15-34-25)27(19,2)13-11-20(18)26/h4,15,17-21H,5-14H2,1-3H3,(H,29,30)/t17?,18-,19-,20-,21?,26-,27-/m0/s1. The number of rotatable bonds is 6. The van der Waals surface area contributed by atoms with Crippen LogP contribution in [0.15, 0.2) is 17.0 Å². The molecule has 1 N–H and O–H groups in total. The van der Waals surface area contributed by atoms with E-state index >= 15 is 0 Å². The molecule has 0 spiro atoms. The molecule has 0 saturated heterocycles. The first-order valence-electron chi connectivity index (χ1n) is 12.8. The van der Waals surface area contributed by atoms with E-state index in [0.29, 0.717) is 23.2 Å². The minimum absolute atomic E-state index is 0.0424. The molecule has 7 atom stereocenters. The number of aromatic nitrogens is 1. The summed E-state index contributed by atoms with van der Waals surface area (Å²) in [5, 5.41) is 12.1. The third-order valence-electron chi connectivity index (χ3n) is 9.91. The fourth-order valence-corrected chi connectivity index (χ4v) is 9.18. The smallest absolute Gasteiger partial charge is 0.306 e. The summed E-state index contributed by atoms with van der Waals surface area (Å²) in [4.78, 5) is 27.6. The Bertz CT molecular complexity index is 987. The number of carbonyl (C=O) groups is 2. The van der Waals surface area contributed by atoms with Crippen LogP contribution in [0.5, 0.6) is 5.88 Å². The maximum Gasteiger partial charge on any atom is 0.306 e. The molecule has 4 aliphatic rings. The summed E-state index contributed by atoms with van der Waals surface area (Å²) >= 11 is 1.76. The third kappa shape index (κ3) is 3.98. The Morgan fingerprint density at radius 3 is 2.71 bits per heavy atom. The normalized spacial score (nSPS) is 38.8. The van der Waals surface area contributed by atoms with E-state index in [-0.39, 0.29) is 30.3 Å². The third-order valence-corrected chi connectivity index (χ3v) is 10.8. The summed E-state index contributed by atoms with van der Waals surface area (Å²) in [6.07, 6.45) is 11.0. The van der Waals surface area contributed by atoms with E-state index < -0.39 is 5.97 Å². The van der Waals surface area contributed by atoms with Gasteiger partial charge in [-0.05, 0) is 73.5 Å². The van der Waals surface area contributed by atoms with Gasteiger partial charge in [0.25, 0.3) is 0 Å². The number of fused-ring (bicyclic) bond motifs is 5. The van der Waals surface area contributed by atoms with Crippen LogP contribution in [-0.4, -0.2) is 35.2 Å². The summed E-state index contributed by atoms with van der Waals surface area (Å²) in [5.74, 6) is 2.08. The Labute approximate surface area is 206 Å². The van der Waals surface area contributed by atoms with Crippen molar-refractivity contribution >= 4 is 23.3 Å². The van der Waals surface area contributed by atoms with Gasteiger partial charge >= 0.3 is 11.9 Å². The fourth-order valence-electron chi connectivity index (χ4n) is 8.11. The molecule has 1 heterocycles. The van der Waals surface area contributed by atoms with Crippen molar-refractivity contribution in [2.45, 2.75) is 90.1 Å². The molecule has 0 radical (unpaired) electrons. The summed E-state index contributed by atoms with van der Waals surface area (Å²) in [5.41, 5.74) is 1.97. The van der Waals surface area contributed by atoms with Gasteiger partial charge in [-0.25, -0.2) is 4.98 Å². The Morgan fingerprint density at radius 2 is 1.97 bits per heavy atom.